The fraction of sp³-hybridized carbons (Fsp3) is 0.118. The summed E-state index contributed by atoms with van der Waals surface area (Å²) in [4.78, 5) is 11.9. The molecule has 0 heterocycles. The standard InChI is InChI=1S/C17H14F3NO3S/c1-25(23,24)15-8-5-12(6-9-15)7-10-16(22)21-14-4-2-3-13(11-14)17(18,19)20/h2-11H,1H3,(H,21,22)/b10-7+. The van der Waals surface area contributed by atoms with Crippen molar-refractivity contribution in [3.63, 3.8) is 0 Å². The monoisotopic (exact) mass is 369 g/mol. The number of hydrogen-bond donors (Lipinski definition) is 1. The second kappa shape index (κ2) is 7.10. The highest BCUT2D eigenvalue weighted by Crippen LogP contribution is 2.30. The van der Waals surface area contributed by atoms with E-state index in [4.69, 9.17) is 0 Å². The van der Waals surface area contributed by atoms with Gasteiger partial charge in [-0.1, -0.05) is 18.2 Å². The first-order valence-corrected chi connectivity index (χ1v) is 8.91. The lowest BCUT2D eigenvalue weighted by Crippen LogP contribution is -2.10. The van der Waals surface area contributed by atoms with Crippen LogP contribution in [0.4, 0.5) is 18.9 Å². The van der Waals surface area contributed by atoms with Crippen LogP contribution in [-0.2, 0) is 20.8 Å². The molecular weight excluding hydrogens is 355 g/mol. The van der Waals surface area contributed by atoms with Gasteiger partial charge in [-0.05, 0) is 42.0 Å². The van der Waals surface area contributed by atoms with Gasteiger partial charge in [-0.25, -0.2) is 8.42 Å². The molecule has 4 nitrogen and oxygen atoms in total. The van der Waals surface area contributed by atoms with Crippen LogP contribution in [0.5, 0.6) is 0 Å². The number of carbonyl (C=O) groups excluding carboxylic acids is 1. The van der Waals surface area contributed by atoms with Gasteiger partial charge in [0.05, 0.1) is 10.5 Å². The molecule has 0 radical (unpaired) electrons. The van der Waals surface area contributed by atoms with Crippen LogP contribution in [0.2, 0.25) is 0 Å². The molecular formula is C17H14F3NO3S. The molecule has 2 aromatic rings. The number of amides is 1. The van der Waals surface area contributed by atoms with E-state index in [1.165, 1.54) is 42.5 Å². The van der Waals surface area contributed by atoms with Gasteiger partial charge in [-0.15, -0.1) is 0 Å². The fourth-order valence-electron chi connectivity index (χ4n) is 1.96. The molecule has 0 fully saturated rings. The van der Waals surface area contributed by atoms with Crippen molar-refractivity contribution < 1.29 is 26.4 Å². The molecule has 0 bridgehead atoms. The lowest BCUT2D eigenvalue weighted by molar-refractivity contribution is -0.137. The number of rotatable bonds is 4. The van der Waals surface area contributed by atoms with E-state index >= 15 is 0 Å². The maximum Gasteiger partial charge on any atom is 0.416 e. The van der Waals surface area contributed by atoms with Crippen LogP contribution in [0.25, 0.3) is 6.08 Å². The van der Waals surface area contributed by atoms with E-state index in [-0.39, 0.29) is 10.6 Å². The van der Waals surface area contributed by atoms with Crippen molar-refractivity contribution >= 4 is 27.5 Å². The number of anilines is 1. The molecule has 132 valence electrons. The third-order valence-electron chi connectivity index (χ3n) is 3.19. The number of nitrogens with one attached hydrogen (secondary N) is 1. The third kappa shape index (κ3) is 5.46. The zero-order chi connectivity index (χ0) is 18.7. The highest BCUT2D eigenvalue weighted by molar-refractivity contribution is 7.90. The minimum atomic E-state index is -4.49. The Morgan fingerprint density at radius 1 is 1.08 bits per heavy atom. The SMILES string of the molecule is CS(=O)(=O)c1ccc(/C=C/C(=O)Nc2cccc(C(F)(F)F)c2)cc1. The zero-order valence-corrected chi connectivity index (χ0v) is 13.9. The Labute approximate surface area is 142 Å². The summed E-state index contributed by atoms with van der Waals surface area (Å²) in [5.41, 5.74) is -0.255. The smallest absolute Gasteiger partial charge is 0.322 e. The molecule has 0 aliphatic heterocycles. The van der Waals surface area contributed by atoms with Crippen molar-refractivity contribution in [1.82, 2.24) is 0 Å². The van der Waals surface area contributed by atoms with Gasteiger partial charge >= 0.3 is 6.18 Å². The molecule has 0 unspecified atom stereocenters. The molecule has 2 aromatic carbocycles. The van der Waals surface area contributed by atoms with Crippen LogP contribution in [0, 0.1) is 0 Å². The van der Waals surface area contributed by atoms with Crippen molar-refractivity contribution in [1.29, 1.82) is 0 Å². The normalized spacial score (nSPS) is 12.3. The third-order valence-corrected chi connectivity index (χ3v) is 4.32. The first-order chi connectivity index (χ1) is 11.6. The highest BCUT2D eigenvalue weighted by atomic mass is 32.2. The average molecular weight is 369 g/mol. The predicted octanol–water partition coefficient (Wildman–Crippen LogP) is 3.76. The summed E-state index contributed by atoms with van der Waals surface area (Å²) in [7, 11) is -3.30. The summed E-state index contributed by atoms with van der Waals surface area (Å²) in [5.74, 6) is -0.605. The van der Waals surface area contributed by atoms with Crippen LogP contribution < -0.4 is 5.32 Å². The molecule has 8 heteroatoms. The number of halogens is 3. The van der Waals surface area contributed by atoms with E-state index < -0.39 is 27.5 Å². The quantitative estimate of drug-likeness (QED) is 0.835. The van der Waals surface area contributed by atoms with Gasteiger partial charge in [0.15, 0.2) is 9.84 Å². The molecule has 0 atom stereocenters. The highest BCUT2D eigenvalue weighted by Gasteiger charge is 2.30. The van der Waals surface area contributed by atoms with Crippen LogP contribution in [0.3, 0.4) is 0 Å². The summed E-state index contributed by atoms with van der Waals surface area (Å²) < 4.78 is 60.6. The summed E-state index contributed by atoms with van der Waals surface area (Å²) in [6, 6.07) is 10.1. The van der Waals surface area contributed by atoms with Gasteiger partial charge in [0, 0.05) is 18.0 Å². The molecule has 1 amide bonds. The van der Waals surface area contributed by atoms with Gasteiger partial charge in [0.1, 0.15) is 0 Å². The number of sulfone groups is 1. The minimum absolute atomic E-state index is 0.0249. The maximum absolute atomic E-state index is 12.6. The lowest BCUT2D eigenvalue weighted by Gasteiger charge is -2.08. The average Bonchev–Trinajstić information content (AvgIpc) is 2.52. The summed E-state index contributed by atoms with van der Waals surface area (Å²) >= 11 is 0. The van der Waals surface area contributed by atoms with E-state index in [0.29, 0.717) is 5.56 Å². The molecule has 0 aliphatic rings. The second-order valence-corrected chi connectivity index (χ2v) is 7.26. The van der Waals surface area contributed by atoms with Crippen molar-refractivity contribution in [2.75, 3.05) is 11.6 Å². The molecule has 2 rings (SSSR count). The van der Waals surface area contributed by atoms with Crippen molar-refractivity contribution in [2.45, 2.75) is 11.1 Å². The Morgan fingerprint density at radius 3 is 2.28 bits per heavy atom. The van der Waals surface area contributed by atoms with E-state index in [1.54, 1.807) is 0 Å². The topological polar surface area (TPSA) is 63.2 Å². The van der Waals surface area contributed by atoms with Gasteiger partial charge < -0.3 is 5.32 Å². The summed E-state index contributed by atoms with van der Waals surface area (Å²) in [6.45, 7) is 0. The van der Waals surface area contributed by atoms with E-state index in [1.807, 2.05) is 0 Å². The molecule has 0 aliphatic carbocycles. The van der Waals surface area contributed by atoms with Crippen molar-refractivity contribution in [3.8, 4) is 0 Å². The molecule has 0 saturated carbocycles. The van der Waals surface area contributed by atoms with Gasteiger partial charge in [-0.3, -0.25) is 4.79 Å². The minimum Gasteiger partial charge on any atom is -0.322 e. The largest absolute Gasteiger partial charge is 0.416 e. The fourth-order valence-corrected chi connectivity index (χ4v) is 2.59. The lowest BCUT2D eigenvalue weighted by atomic mass is 10.2. The number of alkyl halides is 3. The Balaban J connectivity index is 2.06. The van der Waals surface area contributed by atoms with Crippen LogP contribution in [0.1, 0.15) is 11.1 Å². The van der Waals surface area contributed by atoms with Crippen LogP contribution in [0.15, 0.2) is 59.5 Å². The van der Waals surface area contributed by atoms with E-state index in [2.05, 4.69) is 5.32 Å². The van der Waals surface area contributed by atoms with Gasteiger partial charge in [-0.2, -0.15) is 13.2 Å². The number of hydrogen-bond acceptors (Lipinski definition) is 3. The predicted molar refractivity (Wildman–Crippen MR) is 88.7 cm³/mol. The van der Waals surface area contributed by atoms with Crippen molar-refractivity contribution in [3.05, 3.63) is 65.7 Å². The second-order valence-electron chi connectivity index (χ2n) is 5.24. The van der Waals surface area contributed by atoms with Crippen LogP contribution in [-0.4, -0.2) is 20.6 Å². The molecule has 25 heavy (non-hydrogen) atoms. The first-order valence-electron chi connectivity index (χ1n) is 7.02. The Kier molecular flexibility index (Phi) is 5.32. The molecule has 0 aromatic heterocycles. The molecule has 0 saturated heterocycles. The van der Waals surface area contributed by atoms with E-state index in [0.717, 1.165) is 24.5 Å². The van der Waals surface area contributed by atoms with E-state index in [9.17, 15) is 26.4 Å². The molecule has 1 N–H and O–H groups in total. The Morgan fingerprint density at radius 2 is 1.72 bits per heavy atom. The van der Waals surface area contributed by atoms with Crippen LogP contribution >= 0.6 is 0 Å². The maximum atomic E-state index is 12.6. The number of carbonyl (C=O) groups is 1. The Bertz CT molecular complexity index is 901. The first kappa shape index (κ1) is 18.7. The van der Waals surface area contributed by atoms with Gasteiger partial charge in [0.25, 0.3) is 0 Å². The number of benzene rings is 2. The molecule has 0 spiro atoms. The summed E-state index contributed by atoms with van der Waals surface area (Å²) in [6.07, 6.45) is -0.830. The van der Waals surface area contributed by atoms with Crippen molar-refractivity contribution in [2.24, 2.45) is 0 Å². The zero-order valence-electron chi connectivity index (χ0n) is 13.0. The summed E-state index contributed by atoms with van der Waals surface area (Å²) in [5, 5.41) is 2.34. The van der Waals surface area contributed by atoms with Gasteiger partial charge in [0.2, 0.25) is 5.91 Å². The Hall–Kier alpha value is -2.61.